The Morgan fingerprint density at radius 3 is 2.21 bits per heavy atom. The number of hydrogen-bond acceptors (Lipinski definition) is 3. The smallest absolute Gasteiger partial charge is 0.0678 e. The summed E-state index contributed by atoms with van der Waals surface area (Å²) < 4.78 is 5.74. The van der Waals surface area contributed by atoms with Crippen LogP contribution in [0.3, 0.4) is 0 Å². The van der Waals surface area contributed by atoms with Gasteiger partial charge < -0.3 is 10.5 Å². The van der Waals surface area contributed by atoms with E-state index in [9.17, 15) is 0 Å². The lowest BCUT2D eigenvalue weighted by molar-refractivity contribution is -0.117. The SMILES string of the molecule is C[C@@H]1CN(C2(CN)CCC2)C[C@H](C)O1. The molecular formula is C11H22N2O. The van der Waals surface area contributed by atoms with Crippen molar-refractivity contribution in [1.82, 2.24) is 4.90 Å². The van der Waals surface area contributed by atoms with E-state index >= 15 is 0 Å². The lowest BCUT2D eigenvalue weighted by Gasteiger charge is -2.53. The first-order chi connectivity index (χ1) is 6.66. The van der Waals surface area contributed by atoms with Crippen LogP contribution in [0, 0.1) is 0 Å². The van der Waals surface area contributed by atoms with Crippen molar-refractivity contribution in [3.05, 3.63) is 0 Å². The van der Waals surface area contributed by atoms with Gasteiger partial charge in [-0.1, -0.05) is 0 Å². The molecule has 1 aliphatic carbocycles. The van der Waals surface area contributed by atoms with Crippen molar-refractivity contribution < 1.29 is 4.74 Å². The molecule has 0 bridgehead atoms. The molecule has 0 aromatic heterocycles. The number of rotatable bonds is 2. The Morgan fingerprint density at radius 1 is 1.29 bits per heavy atom. The zero-order chi connectivity index (χ0) is 10.2. The average molecular weight is 198 g/mol. The molecule has 1 saturated carbocycles. The first-order valence-corrected chi connectivity index (χ1v) is 5.77. The fourth-order valence-corrected chi connectivity index (χ4v) is 2.80. The minimum Gasteiger partial charge on any atom is -0.373 e. The van der Waals surface area contributed by atoms with Gasteiger partial charge in [0.15, 0.2) is 0 Å². The summed E-state index contributed by atoms with van der Waals surface area (Å²) in [7, 11) is 0. The normalized spacial score (nSPS) is 37.9. The maximum absolute atomic E-state index is 5.91. The average Bonchev–Trinajstić information content (AvgIpc) is 2.01. The second kappa shape index (κ2) is 3.80. The van der Waals surface area contributed by atoms with Crippen LogP contribution in [0.4, 0.5) is 0 Å². The molecule has 0 aromatic carbocycles. The predicted molar refractivity (Wildman–Crippen MR) is 57.2 cm³/mol. The van der Waals surface area contributed by atoms with E-state index in [1.54, 1.807) is 0 Å². The Bertz CT molecular complexity index is 188. The summed E-state index contributed by atoms with van der Waals surface area (Å²) in [6, 6.07) is 0. The molecule has 2 aliphatic rings. The molecule has 1 saturated heterocycles. The summed E-state index contributed by atoms with van der Waals surface area (Å²) in [4.78, 5) is 2.56. The lowest BCUT2D eigenvalue weighted by Crippen LogP contribution is -2.63. The molecule has 0 spiro atoms. The Balaban J connectivity index is 2.02. The fourth-order valence-electron chi connectivity index (χ4n) is 2.80. The third-order valence-electron chi connectivity index (χ3n) is 3.75. The molecule has 0 radical (unpaired) electrons. The maximum atomic E-state index is 5.91. The van der Waals surface area contributed by atoms with Crippen LogP contribution in [0.5, 0.6) is 0 Å². The van der Waals surface area contributed by atoms with Crippen molar-refractivity contribution in [3.8, 4) is 0 Å². The van der Waals surface area contributed by atoms with Crippen molar-refractivity contribution in [1.29, 1.82) is 0 Å². The van der Waals surface area contributed by atoms with Crippen LogP contribution >= 0.6 is 0 Å². The van der Waals surface area contributed by atoms with Gasteiger partial charge in [0.05, 0.1) is 12.2 Å². The van der Waals surface area contributed by atoms with Gasteiger partial charge in [0, 0.05) is 25.2 Å². The van der Waals surface area contributed by atoms with Gasteiger partial charge in [0.2, 0.25) is 0 Å². The second-order valence-electron chi connectivity index (χ2n) is 4.94. The highest BCUT2D eigenvalue weighted by Gasteiger charge is 2.43. The van der Waals surface area contributed by atoms with Gasteiger partial charge in [-0.3, -0.25) is 4.90 Å². The molecule has 2 N–H and O–H groups in total. The Kier molecular flexibility index (Phi) is 2.82. The van der Waals surface area contributed by atoms with Crippen LogP contribution in [0.25, 0.3) is 0 Å². The van der Waals surface area contributed by atoms with Crippen molar-refractivity contribution >= 4 is 0 Å². The first-order valence-electron chi connectivity index (χ1n) is 5.77. The monoisotopic (exact) mass is 198 g/mol. The van der Waals surface area contributed by atoms with E-state index in [1.807, 2.05) is 0 Å². The highest BCUT2D eigenvalue weighted by molar-refractivity contribution is 5.00. The van der Waals surface area contributed by atoms with E-state index in [0.29, 0.717) is 17.7 Å². The highest BCUT2D eigenvalue weighted by Crippen LogP contribution is 2.38. The Labute approximate surface area is 86.6 Å². The number of hydrogen-bond donors (Lipinski definition) is 1. The lowest BCUT2D eigenvalue weighted by atomic mass is 9.75. The van der Waals surface area contributed by atoms with Crippen molar-refractivity contribution in [2.75, 3.05) is 19.6 Å². The molecule has 3 nitrogen and oxygen atoms in total. The zero-order valence-electron chi connectivity index (χ0n) is 9.33. The van der Waals surface area contributed by atoms with E-state index in [2.05, 4.69) is 18.7 Å². The molecule has 1 heterocycles. The van der Waals surface area contributed by atoms with Crippen LogP contribution in [-0.4, -0.2) is 42.3 Å². The van der Waals surface area contributed by atoms with Crippen molar-refractivity contribution in [2.24, 2.45) is 5.73 Å². The summed E-state index contributed by atoms with van der Waals surface area (Å²) in [6.07, 6.45) is 4.63. The number of nitrogens with zero attached hydrogens (tertiary/aromatic N) is 1. The Hall–Kier alpha value is -0.120. The molecule has 3 heteroatoms. The first kappa shape index (κ1) is 10.4. The molecule has 82 valence electrons. The van der Waals surface area contributed by atoms with Gasteiger partial charge in [0.25, 0.3) is 0 Å². The van der Waals surface area contributed by atoms with Gasteiger partial charge in [-0.25, -0.2) is 0 Å². The Morgan fingerprint density at radius 2 is 1.86 bits per heavy atom. The van der Waals surface area contributed by atoms with Gasteiger partial charge in [-0.2, -0.15) is 0 Å². The topological polar surface area (TPSA) is 38.5 Å². The summed E-state index contributed by atoms with van der Waals surface area (Å²) in [5.41, 5.74) is 6.23. The zero-order valence-corrected chi connectivity index (χ0v) is 9.33. The van der Waals surface area contributed by atoms with E-state index < -0.39 is 0 Å². The predicted octanol–water partition coefficient (Wildman–Crippen LogP) is 0.977. The van der Waals surface area contributed by atoms with Crippen LogP contribution < -0.4 is 5.73 Å². The minimum atomic E-state index is 0.326. The standard InChI is InChI=1S/C11H22N2O/c1-9-6-13(7-10(2)14-9)11(8-12)4-3-5-11/h9-10H,3-8,12H2,1-2H3/t9-,10+. The van der Waals surface area contributed by atoms with Crippen LogP contribution in [-0.2, 0) is 4.74 Å². The van der Waals surface area contributed by atoms with Gasteiger partial charge in [-0.15, -0.1) is 0 Å². The molecule has 0 amide bonds. The van der Waals surface area contributed by atoms with Gasteiger partial charge in [0.1, 0.15) is 0 Å². The highest BCUT2D eigenvalue weighted by atomic mass is 16.5. The second-order valence-corrected chi connectivity index (χ2v) is 4.94. The van der Waals surface area contributed by atoms with Crippen molar-refractivity contribution in [3.63, 3.8) is 0 Å². The summed E-state index contributed by atoms with van der Waals surface area (Å²) in [5, 5.41) is 0. The largest absolute Gasteiger partial charge is 0.373 e. The molecular weight excluding hydrogens is 176 g/mol. The van der Waals surface area contributed by atoms with Crippen molar-refractivity contribution in [2.45, 2.75) is 50.9 Å². The third-order valence-corrected chi connectivity index (χ3v) is 3.75. The summed E-state index contributed by atoms with van der Waals surface area (Å²) >= 11 is 0. The molecule has 2 fully saturated rings. The maximum Gasteiger partial charge on any atom is 0.0678 e. The third kappa shape index (κ3) is 1.69. The number of ether oxygens (including phenoxy) is 1. The minimum absolute atomic E-state index is 0.326. The van der Waals surface area contributed by atoms with Gasteiger partial charge in [-0.05, 0) is 33.1 Å². The van der Waals surface area contributed by atoms with E-state index in [1.165, 1.54) is 19.3 Å². The summed E-state index contributed by atoms with van der Waals surface area (Å²) in [5.74, 6) is 0. The van der Waals surface area contributed by atoms with Crippen LogP contribution in [0.1, 0.15) is 33.1 Å². The van der Waals surface area contributed by atoms with Crippen LogP contribution in [0.2, 0.25) is 0 Å². The molecule has 14 heavy (non-hydrogen) atoms. The van der Waals surface area contributed by atoms with Crippen LogP contribution in [0.15, 0.2) is 0 Å². The quantitative estimate of drug-likeness (QED) is 0.719. The molecule has 2 rings (SSSR count). The number of nitrogens with two attached hydrogens (primary N) is 1. The van der Waals surface area contributed by atoms with E-state index in [-0.39, 0.29) is 0 Å². The molecule has 0 aromatic rings. The summed E-state index contributed by atoms with van der Waals surface area (Å²) in [6.45, 7) is 7.24. The fraction of sp³-hybridized carbons (Fsp3) is 1.00. The van der Waals surface area contributed by atoms with E-state index in [0.717, 1.165) is 19.6 Å². The number of morpholine rings is 1. The molecule has 2 atom stereocenters. The van der Waals surface area contributed by atoms with Gasteiger partial charge >= 0.3 is 0 Å². The van der Waals surface area contributed by atoms with E-state index in [4.69, 9.17) is 10.5 Å². The molecule has 1 aliphatic heterocycles. The molecule has 0 unspecified atom stereocenters.